The first-order chi connectivity index (χ1) is 14.9. The van der Waals surface area contributed by atoms with Crippen LogP contribution in [0.25, 0.3) is 21.9 Å². The minimum absolute atomic E-state index is 0.0196. The number of thioether (sulfide) groups is 1. The number of sulfonamides is 1. The average Bonchev–Trinajstić information content (AvgIpc) is 3.20. The van der Waals surface area contributed by atoms with Crippen LogP contribution in [0.4, 0.5) is 0 Å². The molecule has 0 spiro atoms. The van der Waals surface area contributed by atoms with E-state index in [0.29, 0.717) is 35.0 Å². The van der Waals surface area contributed by atoms with E-state index >= 15 is 0 Å². The Balaban J connectivity index is 1.55. The van der Waals surface area contributed by atoms with Crippen LogP contribution in [0.5, 0.6) is 0 Å². The molecule has 0 aliphatic rings. The Labute approximate surface area is 185 Å². The lowest BCUT2D eigenvalue weighted by Crippen LogP contribution is -2.30. The first-order valence-corrected chi connectivity index (χ1v) is 12.4. The zero-order valence-electron chi connectivity index (χ0n) is 17.2. The molecule has 4 aromatic rings. The number of Topliss-reactive ketones (excluding diaryl/α,β-unsaturated/α-hetero) is 1. The van der Waals surface area contributed by atoms with Crippen molar-refractivity contribution in [1.29, 1.82) is 0 Å². The van der Waals surface area contributed by atoms with Crippen molar-refractivity contribution in [2.75, 3.05) is 18.8 Å². The fourth-order valence-electron chi connectivity index (χ4n) is 3.49. The third-order valence-corrected chi connectivity index (χ3v) is 7.97. The zero-order chi connectivity index (χ0) is 22.0. The highest BCUT2D eigenvalue weighted by Gasteiger charge is 2.23. The molecule has 4 rings (SSSR count). The van der Waals surface area contributed by atoms with Crippen LogP contribution in [0, 0.1) is 0 Å². The second kappa shape index (κ2) is 8.82. The van der Waals surface area contributed by atoms with Gasteiger partial charge in [-0.1, -0.05) is 68.1 Å². The molecule has 0 bridgehead atoms. The molecule has 0 atom stereocenters. The van der Waals surface area contributed by atoms with E-state index in [2.05, 4.69) is 4.98 Å². The highest BCUT2D eigenvalue weighted by molar-refractivity contribution is 7.99. The Hall–Kier alpha value is -2.68. The normalized spacial score (nSPS) is 12.1. The van der Waals surface area contributed by atoms with Gasteiger partial charge >= 0.3 is 0 Å². The molecule has 0 unspecified atom stereocenters. The number of ketones is 1. The summed E-state index contributed by atoms with van der Waals surface area (Å²) in [6.07, 6.45) is 0. The van der Waals surface area contributed by atoms with Crippen molar-refractivity contribution in [3.8, 4) is 0 Å². The molecular weight excluding hydrogens is 432 g/mol. The van der Waals surface area contributed by atoms with Crippen molar-refractivity contribution in [1.82, 2.24) is 9.29 Å². The van der Waals surface area contributed by atoms with Gasteiger partial charge in [0, 0.05) is 18.7 Å². The number of benzene rings is 3. The van der Waals surface area contributed by atoms with Gasteiger partial charge in [0.2, 0.25) is 10.0 Å². The highest BCUT2D eigenvalue weighted by atomic mass is 32.2. The molecule has 3 aromatic carbocycles. The average molecular weight is 455 g/mol. The summed E-state index contributed by atoms with van der Waals surface area (Å²) in [5, 5.41) is 2.27. The van der Waals surface area contributed by atoms with Crippen LogP contribution >= 0.6 is 11.8 Å². The van der Waals surface area contributed by atoms with Gasteiger partial charge in [0.1, 0.15) is 5.52 Å². The Morgan fingerprint density at radius 3 is 2.55 bits per heavy atom. The minimum atomic E-state index is -3.58. The Morgan fingerprint density at radius 1 is 1.03 bits per heavy atom. The number of hydrogen-bond donors (Lipinski definition) is 0. The van der Waals surface area contributed by atoms with E-state index in [0.717, 1.165) is 10.8 Å². The largest absolute Gasteiger partial charge is 0.431 e. The molecule has 31 heavy (non-hydrogen) atoms. The van der Waals surface area contributed by atoms with Crippen molar-refractivity contribution in [2.24, 2.45) is 0 Å². The zero-order valence-corrected chi connectivity index (χ0v) is 18.9. The van der Waals surface area contributed by atoms with Gasteiger partial charge in [-0.05, 0) is 29.0 Å². The first-order valence-electron chi connectivity index (χ1n) is 9.98. The quantitative estimate of drug-likeness (QED) is 0.276. The number of carbonyl (C=O) groups excluding carboxylic acids is 1. The number of oxazole rings is 1. The van der Waals surface area contributed by atoms with Gasteiger partial charge in [0.05, 0.1) is 10.6 Å². The predicted octanol–water partition coefficient (Wildman–Crippen LogP) is 4.99. The molecular formula is C23H22N2O4S2. The molecule has 1 heterocycles. The SMILES string of the molecule is CCN(CC)S(=O)(=O)c1ccc2oc(SCC(=O)c3cccc4ccccc34)nc2c1. The van der Waals surface area contributed by atoms with Crippen molar-refractivity contribution in [3.63, 3.8) is 0 Å². The molecule has 0 amide bonds. The van der Waals surface area contributed by atoms with Crippen molar-refractivity contribution >= 4 is 49.4 Å². The van der Waals surface area contributed by atoms with Crippen LogP contribution in [0.3, 0.4) is 0 Å². The van der Waals surface area contributed by atoms with E-state index in [9.17, 15) is 13.2 Å². The van der Waals surface area contributed by atoms with Gasteiger partial charge in [-0.25, -0.2) is 13.4 Å². The Bertz CT molecular complexity index is 1350. The molecule has 0 saturated carbocycles. The summed E-state index contributed by atoms with van der Waals surface area (Å²) in [7, 11) is -3.58. The van der Waals surface area contributed by atoms with Crippen LogP contribution in [-0.4, -0.2) is 42.3 Å². The summed E-state index contributed by atoms with van der Waals surface area (Å²) in [5.74, 6) is 0.152. The molecule has 6 nitrogen and oxygen atoms in total. The van der Waals surface area contributed by atoms with Crippen LogP contribution in [0.15, 0.2) is 75.2 Å². The van der Waals surface area contributed by atoms with Gasteiger partial charge in [0.15, 0.2) is 11.4 Å². The van der Waals surface area contributed by atoms with E-state index in [4.69, 9.17) is 4.42 Å². The van der Waals surface area contributed by atoms with Gasteiger partial charge in [0.25, 0.3) is 5.22 Å². The second-order valence-electron chi connectivity index (χ2n) is 6.94. The third kappa shape index (κ3) is 4.23. The van der Waals surface area contributed by atoms with Crippen LogP contribution in [0.2, 0.25) is 0 Å². The third-order valence-electron chi connectivity index (χ3n) is 5.10. The van der Waals surface area contributed by atoms with E-state index in [1.54, 1.807) is 19.9 Å². The standard InChI is InChI=1S/C23H22N2O4S2/c1-3-25(4-2)31(27,28)17-12-13-22-20(14-17)24-23(29-22)30-15-21(26)19-11-7-9-16-8-5-6-10-18(16)19/h5-14H,3-4,15H2,1-2H3. The summed E-state index contributed by atoms with van der Waals surface area (Å²) >= 11 is 1.20. The van der Waals surface area contributed by atoms with E-state index in [-0.39, 0.29) is 16.4 Å². The molecule has 0 saturated heterocycles. The second-order valence-corrected chi connectivity index (χ2v) is 9.80. The Kier molecular flexibility index (Phi) is 6.13. The lowest BCUT2D eigenvalue weighted by molar-refractivity contribution is 0.102. The maximum absolute atomic E-state index is 12.8. The molecule has 0 aliphatic heterocycles. The van der Waals surface area contributed by atoms with E-state index in [1.165, 1.54) is 28.2 Å². The molecule has 160 valence electrons. The predicted molar refractivity (Wildman–Crippen MR) is 123 cm³/mol. The van der Waals surface area contributed by atoms with Crippen LogP contribution in [0.1, 0.15) is 24.2 Å². The Morgan fingerprint density at radius 2 is 1.77 bits per heavy atom. The lowest BCUT2D eigenvalue weighted by Gasteiger charge is -2.18. The number of fused-ring (bicyclic) bond motifs is 2. The summed E-state index contributed by atoms with van der Waals surface area (Å²) in [4.78, 5) is 17.4. The molecule has 1 aromatic heterocycles. The van der Waals surface area contributed by atoms with Gasteiger partial charge in [-0.2, -0.15) is 4.31 Å². The summed E-state index contributed by atoms with van der Waals surface area (Å²) < 4.78 is 32.6. The molecule has 0 radical (unpaired) electrons. The lowest BCUT2D eigenvalue weighted by atomic mass is 10.0. The van der Waals surface area contributed by atoms with Crippen molar-refractivity contribution < 1.29 is 17.6 Å². The number of nitrogens with zero attached hydrogens (tertiary/aromatic N) is 2. The van der Waals surface area contributed by atoms with Gasteiger partial charge in [-0.15, -0.1) is 0 Å². The van der Waals surface area contributed by atoms with Crippen molar-refractivity contribution in [2.45, 2.75) is 24.0 Å². The van der Waals surface area contributed by atoms with Crippen LogP contribution < -0.4 is 0 Å². The summed E-state index contributed by atoms with van der Waals surface area (Å²) in [6, 6.07) is 18.1. The number of carbonyl (C=O) groups is 1. The highest BCUT2D eigenvalue weighted by Crippen LogP contribution is 2.28. The number of hydrogen-bond acceptors (Lipinski definition) is 6. The molecule has 8 heteroatoms. The van der Waals surface area contributed by atoms with Crippen LogP contribution in [-0.2, 0) is 10.0 Å². The number of aromatic nitrogens is 1. The monoisotopic (exact) mass is 454 g/mol. The molecule has 0 N–H and O–H groups in total. The summed E-state index contributed by atoms with van der Waals surface area (Å²) in [5.41, 5.74) is 1.60. The minimum Gasteiger partial charge on any atom is -0.431 e. The fraction of sp³-hybridized carbons (Fsp3) is 0.217. The van der Waals surface area contributed by atoms with Gasteiger partial charge < -0.3 is 4.42 Å². The maximum Gasteiger partial charge on any atom is 0.257 e. The van der Waals surface area contributed by atoms with Gasteiger partial charge in [-0.3, -0.25) is 4.79 Å². The van der Waals surface area contributed by atoms with E-state index < -0.39 is 10.0 Å². The first kappa shape index (κ1) is 21.5. The number of rotatable bonds is 8. The fourth-order valence-corrected chi connectivity index (χ4v) is 5.69. The molecule has 0 fully saturated rings. The topological polar surface area (TPSA) is 80.5 Å². The smallest absolute Gasteiger partial charge is 0.257 e. The van der Waals surface area contributed by atoms with Crippen molar-refractivity contribution in [3.05, 3.63) is 66.2 Å². The summed E-state index contributed by atoms with van der Waals surface area (Å²) in [6.45, 7) is 4.40. The van der Waals surface area contributed by atoms with E-state index in [1.807, 2.05) is 42.5 Å². The molecule has 0 aliphatic carbocycles. The maximum atomic E-state index is 12.8.